The van der Waals surface area contributed by atoms with Gasteiger partial charge in [0.25, 0.3) is 0 Å². The molecule has 0 aromatic carbocycles. The van der Waals surface area contributed by atoms with Crippen molar-refractivity contribution in [1.82, 2.24) is 14.6 Å². The van der Waals surface area contributed by atoms with E-state index in [1.807, 2.05) is 4.52 Å². The first-order chi connectivity index (χ1) is 12.5. The largest absolute Gasteiger partial charge is 0.396 e. The second-order valence-electron chi connectivity index (χ2n) is 8.87. The fourth-order valence-corrected chi connectivity index (χ4v) is 5.13. The summed E-state index contributed by atoms with van der Waals surface area (Å²) >= 11 is 0. The number of ether oxygens (including phenoxy) is 1. The minimum atomic E-state index is -0.466. The third kappa shape index (κ3) is 2.12. The van der Waals surface area contributed by atoms with Crippen molar-refractivity contribution in [3.05, 3.63) is 23.7 Å². The topological polar surface area (TPSA) is 62.9 Å². The number of fused-ring (bicyclic) bond motifs is 2. The minimum Gasteiger partial charge on any atom is -0.396 e. The highest BCUT2D eigenvalue weighted by Gasteiger charge is 2.63. The average Bonchev–Trinajstić information content (AvgIpc) is 3.36. The van der Waals surface area contributed by atoms with Gasteiger partial charge in [0.1, 0.15) is 5.60 Å². The monoisotopic (exact) mass is 356 g/mol. The number of hydrogen-bond donors (Lipinski definition) is 1. The molecule has 2 aromatic rings. The fourth-order valence-electron chi connectivity index (χ4n) is 5.13. The van der Waals surface area contributed by atoms with Crippen LogP contribution >= 0.6 is 0 Å². The van der Waals surface area contributed by atoms with Gasteiger partial charge in [0.2, 0.25) is 0 Å². The van der Waals surface area contributed by atoms with E-state index in [0.29, 0.717) is 17.9 Å². The zero-order chi connectivity index (χ0) is 18.1. The van der Waals surface area contributed by atoms with Gasteiger partial charge < -0.3 is 14.7 Å². The summed E-state index contributed by atoms with van der Waals surface area (Å²) in [6.45, 7) is 9.82. The molecule has 5 heterocycles. The molecule has 2 bridgehead atoms. The van der Waals surface area contributed by atoms with E-state index in [0.717, 1.165) is 36.5 Å². The molecule has 3 saturated heterocycles. The normalized spacial score (nSPS) is 36.1. The Balaban J connectivity index is 1.51. The third-order valence-electron chi connectivity index (χ3n) is 7.24. The number of pyridine rings is 1. The smallest absolute Gasteiger partial charge is 0.183 e. The van der Waals surface area contributed by atoms with Crippen molar-refractivity contribution in [3.63, 3.8) is 0 Å². The van der Waals surface area contributed by atoms with Gasteiger partial charge in [0.15, 0.2) is 11.5 Å². The molecule has 0 amide bonds. The Kier molecular flexibility index (Phi) is 3.44. The third-order valence-corrected chi connectivity index (χ3v) is 7.24. The standard InChI is InChI=1S/C20H28N4O2/c1-4-19(3)5-6-23(12-19)15-7-13(2)17-21-18(22-24(17)9-15)20-8-14(11-26-20)16(20)10-25/h7,9,14,16,25H,4-6,8,10-12H2,1-3H3/t14?,16?,19-,20?/m0/s1. The van der Waals surface area contributed by atoms with Gasteiger partial charge in [-0.1, -0.05) is 13.8 Å². The van der Waals surface area contributed by atoms with Crippen LogP contribution in [0.4, 0.5) is 5.69 Å². The van der Waals surface area contributed by atoms with Gasteiger partial charge in [-0.15, -0.1) is 5.10 Å². The first-order valence-electron chi connectivity index (χ1n) is 9.85. The minimum absolute atomic E-state index is 0.142. The number of anilines is 1. The van der Waals surface area contributed by atoms with Crippen LogP contribution in [-0.2, 0) is 10.3 Å². The van der Waals surface area contributed by atoms with Crippen LogP contribution in [0.1, 0.15) is 44.5 Å². The van der Waals surface area contributed by atoms with E-state index < -0.39 is 5.60 Å². The Morgan fingerprint density at radius 2 is 2.27 bits per heavy atom. The van der Waals surface area contributed by atoms with Gasteiger partial charge in [-0.25, -0.2) is 9.50 Å². The fraction of sp³-hybridized carbons (Fsp3) is 0.700. The number of aryl methyl sites for hydroxylation is 1. The van der Waals surface area contributed by atoms with Crippen LogP contribution in [0.2, 0.25) is 0 Å². The molecule has 6 heteroatoms. The molecule has 1 saturated carbocycles. The lowest BCUT2D eigenvalue weighted by Gasteiger charge is -2.41. The lowest BCUT2D eigenvalue weighted by atomic mass is 9.64. The van der Waals surface area contributed by atoms with E-state index in [9.17, 15) is 5.11 Å². The van der Waals surface area contributed by atoms with Crippen molar-refractivity contribution in [2.24, 2.45) is 17.3 Å². The van der Waals surface area contributed by atoms with Crippen molar-refractivity contribution in [2.45, 2.75) is 45.6 Å². The van der Waals surface area contributed by atoms with Gasteiger partial charge >= 0.3 is 0 Å². The second-order valence-corrected chi connectivity index (χ2v) is 8.87. The van der Waals surface area contributed by atoms with Gasteiger partial charge in [-0.3, -0.25) is 0 Å². The first-order valence-corrected chi connectivity index (χ1v) is 9.85. The van der Waals surface area contributed by atoms with Crippen molar-refractivity contribution in [2.75, 3.05) is 31.2 Å². The molecule has 0 radical (unpaired) electrons. The average molecular weight is 356 g/mol. The van der Waals surface area contributed by atoms with Gasteiger partial charge in [-0.2, -0.15) is 0 Å². The summed E-state index contributed by atoms with van der Waals surface area (Å²) in [5.41, 5.74) is 3.19. The molecule has 6 rings (SSSR count). The highest BCUT2D eigenvalue weighted by atomic mass is 16.5. The molecule has 4 aliphatic rings. The van der Waals surface area contributed by atoms with E-state index >= 15 is 0 Å². The van der Waals surface area contributed by atoms with E-state index in [1.54, 1.807) is 0 Å². The van der Waals surface area contributed by atoms with Gasteiger partial charge in [0.05, 0.1) is 18.5 Å². The van der Waals surface area contributed by atoms with Crippen LogP contribution in [0.5, 0.6) is 0 Å². The molecule has 1 aliphatic carbocycles. The Labute approximate surface area is 154 Å². The molecule has 1 N–H and O–H groups in total. The summed E-state index contributed by atoms with van der Waals surface area (Å²) < 4.78 is 7.95. The number of nitrogens with zero attached hydrogens (tertiary/aromatic N) is 4. The van der Waals surface area contributed by atoms with E-state index in [1.165, 1.54) is 18.5 Å². The van der Waals surface area contributed by atoms with E-state index in [2.05, 4.69) is 37.9 Å². The lowest BCUT2D eigenvalue weighted by molar-refractivity contribution is -0.0837. The van der Waals surface area contributed by atoms with Crippen LogP contribution < -0.4 is 4.90 Å². The zero-order valence-electron chi connectivity index (χ0n) is 15.9. The molecule has 26 heavy (non-hydrogen) atoms. The van der Waals surface area contributed by atoms with Crippen molar-refractivity contribution in [1.29, 1.82) is 0 Å². The van der Waals surface area contributed by atoms with E-state index in [4.69, 9.17) is 14.8 Å². The number of rotatable bonds is 4. The quantitative estimate of drug-likeness (QED) is 0.912. The lowest BCUT2D eigenvalue weighted by Crippen LogP contribution is -2.47. The molecule has 3 unspecified atom stereocenters. The molecule has 140 valence electrons. The Morgan fingerprint density at radius 1 is 1.42 bits per heavy atom. The number of aliphatic hydroxyl groups excluding tert-OH is 1. The molecule has 2 aromatic heterocycles. The van der Waals surface area contributed by atoms with Crippen LogP contribution in [-0.4, -0.2) is 46.0 Å². The molecule has 3 aliphatic heterocycles. The Hall–Kier alpha value is -1.66. The highest BCUT2D eigenvalue weighted by molar-refractivity contribution is 5.57. The van der Waals surface area contributed by atoms with E-state index in [-0.39, 0.29) is 12.5 Å². The maximum Gasteiger partial charge on any atom is 0.183 e. The SMILES string of the molecule is CC[C@@]1(C)CCN(c2cc(C)c3nc(C45CC(CO4)C5CO)nn3c2)C1. The molecule has 4 fully saturated rings. The highest BCUT2D eigenvalue weighted by Crippen LogP contribution is 2.58. The zero-order valence-corrected chi connectivity index (χ0v) is 15.9. The van der Waals surface area contributed by atoms with Crippen molar-refractivity contribution >= 4 is 11.3 Å². The molecular formula is C20H28N4O2. The molecule has 4 atom stereocenters. The summed E-state index contributed by atoms with van der Waals surface area (Å²) in [5.74, 6) is 1.34. The predicted octanol–water partition coefficient (Wildman–Crippen LogP) is 2.52. The Bertz CT molecular complexity index is 861. The number of aliphatic hydroxyl groups is 1. The molecule has 6 nitrogen and oxygen atoms in total. The maximum absolute atomic E-state index is 9.73. The summed E-state index contributed by atoms with van der Waals surface area (Å²) in [7, 11) is 0. The van der Waals surface area contributed by atoms with Crippen LogP contribution in [0.3, 0.4) is 0 Å². The molecule has 0 spiro atoms. The van der Waals surface area contributed by atoms with Crippen LogP contribution in [0.15, 0.2) is 12.3 Å². The molecular weight excluding hydrogens is 328 g/mol. The number of aromatic nitrogens is 3. The summed E-state index contributed by atoms with van der Waals surface area (Å²) in [6, 6.07) is 2.23. The predicted molar refractivity (Wildman–Crippen MR) is 99.3 cm³/mol. The van der Waals surface area contributed by atoms with Crippen molar-refractivity contribution in [3.8, 4) is 0 Å². The number of hydrogen-bond acceptors (Lipinski definition) is 5. The first kappa shape index (κ1) is 16.5. The van der Waals surface area contributed by atoms with Crippen LogP contribution in [0.25, 0.3) is 5.65 Å². The maximum atomic E-state index is 9.73. The summed E-state index contributed by atoms with van der Waals surface area (Å²) in [4.78, 5) is 7.28. The van der Waals surface area contributed by atoms with Gasteiger partial charge in [-0.05, 0) is 49.1 Å². The Morgan fingerprint density at radius 3 is 2.96 bits per heavy atom. The summed E-state index contributed by atoms with van der Waals surface area (Å²) in [6.07, 6.45) is 5.49. The van der Waals surface area contributed by atoms with Crippen LogP contribution in [0, 0.1) is 24.2 Å². The summed E-state index contributed by atoms with van der Waals surface area (Å²) in [5, 5.41) is 14.5. The van der Waals surface area contributed by atoms with Crippen molar-refractivity contribution < 1.29 is 9.84 Å². The van der Waals surface area contributed by atoms with Gasteiger partial charge in [0, 0.05) is 25.6 Å². The second kappa shape index (κ2) is 5.42.